The van der Waals surface area contributed by atoms with Gasteiger partial charge in [-0.1, -0.05) is 36.4 Å². The van der Waals surface area contributed by atoms with Crippen molar-refractivity contribution in [3.05, 3.63) is 65.2 Å². The van der Waals surface area contributed by atoms with Crippen molar-refractivity contribution in [2.45, 2.75) is 31.7 Å². The number of benzene rings is 2. The average Bonchev–Trinajstić information content (AvgIpc) is 2.66. The Morgan fingerprint density at radius 3 is 2.64 bits per heavy atom. The number of hydrogen-bond acceptors (Lipinski definition) is 3. The first-order chi connectivity index (χ1) is 12.2. The molecule has 0 saturated heterocycles. The molecular formula is C20H22N2O3. The lowest BCUT2D eigenvalue weighted by molar-refractivity contribution is -0.123. The van der Waals surface area contributed by atoms with Crippen LogP contribution in [0.4, 0.5) is 10.5 Å². The van der Waals surface area contributed by atoms with E-state index >= 15 is 0 Å². The highest BCUT2D eigenvalue weighted by Gasteiger charge is 2.25. The van der Waals surface area contributed by atoms with Crippen LogP contribution >= 0.6 is 0 Å². The van der Waals surface area contributed by atoms with Crippen LogP contribution in [0.25, 0.3) is 0 Å². The zero-order valence-electron chi connectivity index (χ0n) is 14.2. The second kappa shape index (κ2) is 7.83. The first kappa shape index (κ1) is 17.0. The molecule has 130 valence electrons. The Morgan fingerprint density at radius 2 is 1.88 bits per heavy atom. The summed E-state index contributed by atoms with van der Waals surface area (Å²) in [6.07, 6.45) is 2.49. The lowest BCUT2D eigenvalue weighted by Gasteiger charge is -2.24. The fraction of sp³-hybridized carbons (Fsp3) is 0.300. The summed E-state index contributed by atoms with van der Waals surface area (Å²) in [4.78, 5) is 23.8. The quantitative estimate of drug-likeness (QED) is 0.895. The van der Waals surface area contributed by atoms with E-state index in [1.807, 2.05) is 24.3 Å². The van der Waals surface area contributed by atoms with Crippen molar-refractivity contribution in [3.8, 4) is 0 Å². The fourth-order valence-electron chi connectivity index (χ4n) is 3.21. The molecule has 1 atom stereocenters. The van der Waals surface area contributed by atoms with Gasteiger partial charge in [0.15, 0.2) is 0 Å². The summed E-state index contributed by atoms with van der Waals surface area (Å²) in [6.45, 7) is 0.468. The highest BCUT2D eigenvalue weighted by Crippen LogP contribution is 2.31. The fourth-order valence-corrected chi connectivity index (χ4v) is 3.21. The van der Waals surface area contributed by atoms with Crippen molar-refractivity contribution in [2.24, 2.45) is 0 Å². The highest BCUT2D eigenvalue weighted by atomic mass is 16.5. The summed E-state index contributed by atoms with van der Waals surface area (Å²) in [5.74, 6) is 0.00845. The van der Waals surface area contributed by atoms with Gasteiger partial charge in [-0.2, -0.15) is 0 Å². The van der Waals surface area contributed by atoms with Crippen molar-refractivity contribution in [1.29, 1.82) is 0 Å². The van der Waals surface area contributed by atoms with Gasteiger partial charge < -0.3 is 10.1 Å². The van der Waals surface area contributed by atoms with Gasteiger partial charge in [0.1, 0.15) is 0 Å². The summed E-state index contributed by atoms with van der Waals surface area (Å²) >= 11 is 0. The molecule has 0 fully saturated rings. The maximum atomic E-state index is 12.6. The largest absolute Gasteiger partial charge is 0.453 e. The SMILES string of the molecule is COC(=O)Nc1ccc(CNC(=O)[C@@H]2CCCc3ccccc32)cc1. The Labute approximate surface area is 147 Å². The number of aryl methyl sites for hydroxylation is 1. The monoisotopic (exact) mass is 338 g/mol. The summed E-state index contributed by atoms with van der Waals surface area (Å²) in [5, 5.41) is 5.63. The molecule has 0 saturated carbocycles. The molecule has 0 aromatic heterocycles. The molecule has 1 aliphatic carbocycles. The number of nitrogens with one attached hydrogen (secondary N) is 2. The van der Waals surface area contributed by atoms with Gasteiger partial charge in [0.25, 0.3) is 0 Å². The lowest BCUT2D eigenvalue weighted by Crippen LogP contribution is -2.31. The molecule has 0 bridgehead atoms. The number of rotatable bonds is 4. The van der Waals surface area contributed by atoms with Gasteiger partial charge in [0.05, 0.1) is 13.0 Å². The van der Waals surface area contributed by atoms with Crippen molar-refractivity contribution >= 4 is 17.7 Å². The predicted molar refractivity (Wildman–Crippen MR) is 96.4 cm³/mol. The van der Waals surface area contributed by atoms with E-state index < -0.39 is 6.09 Å². The molecule has 0 aliphatic heterocycles. The Balaban J connectivity index is 1.59. The Kier molecular flexibility index (Phi) is 5.33. The Hall–Kier alpha value is -2.82. The molecule has 3 rings (SSSR count). The molecule has 5 nitrogen and oxygen atoms in total. The number of carbonyl (C=O) groups excluding carboxylic acids is 2. The van der Waals surface area contributed by atoms with Crippen LogP contribution in [0, 0.1) is 0 Å². The molecule has 0 spiro atoms. The number of amides is 2. The van der Waals surface area contributed by atoms with Gasteiger partial charge >= 0.3 is 6.09 Å². The number of methoxy groups -OCH3 is 1. The molecule has 5 heteroatoms. The second-order valence-electron chi connectivity index (χ2n) is 6.17. The van der Waals surface area contributed by atoms with Crippen LogP contribution in [-0.4, -0.2) is 19.1 Å². The average molecular weight is 338 g/mol. The molecule has 0 unspecified atom stereocenters. The molecule has 2 aromatic carbocycles. The Morgan fingerprint density at radius 1 is 1.12 bits per heavy atom. The van der Waals surface area contributed by atoms with Crippen LogP contribution in [0.3, 0.4) is 0 Å². The van der Waals surface area contributed by atoms with Gasteiger partial charge in [0.2, 0.25) is 5.91 Å². The second-order valence-corrected chi connectivity index (χ2v) is 6.17. The predicted octanol–water partition coefficient (Wildman–Crippen LogP) is 3.60. The summed E-state index contributed by atoms with van der Waals surface area (Å²) in [6, 6.07) is 15.5. The van der Waals surface area contributed by atoms with Gasteiger partial charge in [0, 0.05) is 12.2 Å². The van der Waals surface area contributed by atoms with Crippen LogP contribution in [0.1, 0.15) is 35.4 Å². The number of fused-ring (bicyclic) bond motifs is 1. The normalized spacial score (nSPS) is 15.8. The van der Waals surface area contributed by atoms with E-state index in [4.69, 9.17) is 0 Å². The third kappa shape index (κ3) is 4.18. The lowest BCUT2D eigenvalue weighted by atomic mass is 9.82. The topological polar surface area (TPSA) is 67.4 Å². The Bertz CT molecular complexity index is 756. The van der Waals surface area contributed by atoms with Crippen LogP contribution in [0.2, 0.25) is 0 Å². The van der Waals surface area contributed by atoms with E-state index in [0.717, 1.165) is 30.4 Å². The maximum Gasteiger partial charge on any atom is 0.411 e. The molecule has 25 heavy (non-hydrogen) atoms. The third-order valence-corrected chi connectivity index (χ3v) is 4.54. The van der Waals surface area contributed by atoms with Crippen molar-refractivity contribution in [1.82, 2.24) is 5.32 Å². The van der Waals surface area contributed by atoms with Gasteiger partial charge in [-0.05, 0) is 48.1 Å². The van der Waals surface area contributed by atoms with E-state index in [1.54, 1.807) is 12.1 Å². The molecule has 2 N–H and O–H groups in total. The first-order valence-corrected chi connectivity index (χ1v) is 8.47. The number of anilines is 1. The molecule has 1 aliphatic rings. The van der Waals surface area contributed by atoms with E-state index in [1.165, 1.54) is 12.7 Å². The minimum atomic E-state index is -0.503. The number of carbonyl (C=O) groups is 2. The smallest absolute Gasteiger partial charge is 0.411 e. The number of hydrogen-bond donors (Lipinski definition) is 2. The summed E-state index contributed by atoms with van der Waals surface area (Å²) in [7, 11) is 1.32. The van der Waals surface area contributed by atoms with Crippen molar-refractivity contribution in [3.63, 3.8) is 0 Å². The van der Waals surface area contributed by atoms with Crippen LogP contribution in [-0.2, 0) is 22.5 Å². The van der Waals surface area contributed by atoms with Gasteiger partial charge in [-0.15, -0.1) is 0 Å². The summed E-state index contributed by atoms with van der Waals surface area (Å²) in [5.41, 5.74) is 4.08. The van der Waals surface area contributed by atoms with Gasteiger partial charge in [-0.25, -0.2) is 4.79 Å². The van der Waals surface area contributed by atoms with E-state index in [2.05, 4.69) is 27.5 Å². The maximum absolute atomic E-state index is 12.6. The molecule has 0 heterocycles. The molecule has 2 aromatic rings. The van der Waals surface area contributed by atoms with Crippen molar-refractivity contribution < 1.29 is 14.3 Å². The molecule has 0 radical (unpaired) electrons. The zero-order valence-corrected chi connectivity index (χ0v) is 14.2. The van der Waals surface area contributed by atoms with E-state index in [-0.39, 0.29) is 11.8 Å². The van der Waals surface area contributed by atoms with E-state index in [9.17, 15) is 9.59 Å². The van der Waals surface area contributed by atoms with Gasteiger partial charge in [-0.3, -0.25) is 10.1 Å². The van der Waals surface area contributed by atoms with Crippen LogP contribution < -0.4 is 10.6 Å². The first-order valence-electron chi connectivity index (χ1n) is 8.47. The minimum Gasteiger partial charge on any atom is -0.453 e. The third-order valence-electron chi connectivity index (χ3n) is 4.54. The molecular weight excluding hydrogens is 316 g/mol. The van der Waals surface area contributed by atoms with E-state index in [0.29, 0.717) is 12.2 Å². The minimum absolute atomic E-state index is 0.0646. The van der Waals surface area contributed by atoms with Crippen LogP contribution in [0.15, 0.2) is 48.5 Å². The number of ether oxygens (including phenoxy) is 1. The molecule has 2 amide bonds. The van der Waals surface area contributed by atoms with Crippen molar-refractivity contribution in [2.75, 3.05) is 12.4 Å². The standard InChI is InChI=1S/C20H22N2O3/c1-25-20(24)22-16-11-9-14(10-12-16)13-21-19(23)18-8-4-6-15-5-2-3-7-17(15)18/h2-3,5,7,9-12,18H,4,6,8,13H2,1H3,(H,21,23)(H,22,24)/t18-/m1/s1. The van der Waals surface area contributed by atoms with Crippen LogP contribution in [0.5, 0.6) is 0 Å². The zero-order chi connectivity index (χ0) is 17.6. The highest BCUT2D eigenvalue weighted by molar-refractivity contribution is 5.85. The summed E-state index contributed by atoms with van der Waals surface area (Å²) < 4.78 is 4.55.